The Morgan fingerprint density at radius 2 is 1.83 bits per heavy atom. The highest BCUT2D eigenvalue weighted by Gasteiger charge is 2.10. The zero-order chi connectivity index (χ0) is 17.7. The summed E-state index contributed by atoms with van der Waals surface area (Å²) in [6.45, 7) is 4.36. The molecule has 0 aliphatic carbocycles. The van der Waals surface area contributed by atoms with Crippen LogP contribution in [0.1, 0.15) is 17.5 Å². The number of nitrogens with one attached hydrogen (secondary N) is 2. The van der Waals surface area contributed by atoms with Crippen LogP contribution in [0.15, 0.2) is 30.3 Å². The lowest BCUT2D eigenvalue weighted by Crippen LogP contribution is -2.17. The molecule has 2 N–H and O–H groups in total. The third-order valence-corrected chi connectivity index (χ3v) is 4.26. The van der Waals surface area contributed by atoms with Gasteiger partial charge in [0.1, 0.15) is 5.75 Å². The molecule has 24 heavy (non-hydrogen) atoms. The average Bonchev–Trinajstić information content (AvgIpc) is 2.54. The first-order valence-corrected chi connectivity index (χ1v) is 8.30. The van der Waals surface area contributed by atoms with E-state index in [1.54, 1.807) is 19.2 Å². The van der Waals surface area contributed by atoms with Crippen molar-refractivity contribution in [3.05, 3.63) is 51.5 Å². The molecule has 0 aliphatic rings. The molecule has 0 bridgehead atoms. The van der Waals surface area contributed by atoms with E-state index in [4.69, 9.17) is 27.9 Å². The van der Waals surface area contributed by atoms with Crippen molar-refractivity contribution in [1.29, 1.82) is 0 Å². The lowest BCUT2D eigenvalue weighted by Gasteiger charge is -2.13. The van der Waals surface area contributed by atoms with E-state index < -0.39 is 0 Å². The van der Waals surface area contributed by atoms with Gasteiger partial charge in [0.05, 0.1) is 12.8 Å². The van der Waals surface area contributed by atoms with Crippen LogP contribution in [0.2, 0.25) is 10.0 Å². The Kier molecular flexibility index (Phi) is 6.35. The molecule has 0 unspecified atom stereocenters. The number of amides is 1. The number of methoxy groups -OCH3 is 1. The second-order valence-electron chi connectivity index (χ2n) is 5.49. The number of aryl methyl sites for hydroxylation is 2. The summed E-state index contributed by atoms with van der Waals surface area (Å²) >= 11 is 12.0. The van der Waals surface area contributed by atoms with E-state index in [9.17, 15) is 4.79 Å². The molecule has 0 aromatic heterocycles. The van der Waals surface area contributed by atoms with Gasteiger partial charge in [-0.1, -0.05) is 29.3 Å². The molecule has 2 rings (SSSR count). The van der Waals surface area contributed by atoms with E-state index in [0.29, 0.717) is 34.4 Å². The lowest BCUT2D eigenvalue weighted by molar-refractivity contribution is -0.116. The summed E-state index contributed by atoms with van der Waals surface area (Å²) in [6, 6.07) is 9.12. The van der Waals surface area contributed by atoms with E-state index in [1.807, 2.05) is 32.0 Å². The first-order valence-electron chi connectivity index (χ1n) is 7.54. The molecule has 0 saturated heterocycles. The molecule has 0 fully saturated rings. The van der Waals surface area contributed by atoms with Crippen molar-refractivity contribution >= 4 is 40.5 Å². The van der Waals surface area contributed by atoms with Crippen molar-refractivity contribution in [2.24, 2.45) is 0 Å². The van der Waals surface area contributed by atoms with Crippen LogP contribution < -0.4 is 15.4 Å². The molecule has 6 heteroatoms. The first kappa shape index (κ1) is 18.4. The molecular formula is C18H20Cl2N2O2. The summed E-state index contributed by atoms with van der Waals surface area (Å²) in [5, 5.41) is 7.34. The molecule has 0 aliphatic heterocycles. The highest BCUT2D eigenvalue weighted by molar-refractivity contribution is 6.31. The van der Waals surface area contributed by atoms with Crippen molar-refractivity contribution in [3.8, 4) is 5.75 Å². The topological polar surface area (TPSA) is 50.4 Å². The number of hydrogen-bond donors (Lipinski definition) is 2. The third kappa shape index (κ3) is 4.79. The van der Waals surface area contributed by atoms with Gasteiger partial charge in [-0.2, -0.15) is 0 Å². The Balaban J connectivity index is 1.94. The fourth-order valence-electron chi connectivity index (χ4n) is 2.24. The van der Waals surface area contributed by atoms with Gasteiger partial charge in [-0.05, 0) is 43.2 Å². The van der Waals surface area contributed by atoms with Crippen LogP contribution in [0.25, 0.3) is 0 Å². The summed E-state index contributed by atoms with van der Waals surface area (Å²) in [5.41, 5.74) is 3.49. The maximum atomic E-state index is 12.2. The summed E-state index contributed by atoms with van der Waals surface area (Å²) in [5.74, 6) is 0.430. The van der Waals surface area contributed by atoms with Gasteiger partial charge < -0.3 is 15.4 Å². The van der Waals surface area contributed by atoms with E-state index >= 15 is 0 Å². The fourth-order valence-corrected chi connectivity index (χ4v) is 2.56. The molecular weight excluding hydrogens is 347 g/mol. The number of carbonyl (C=O) groups is 1. The zero-order valence-corrected chi connectivity index (χ0v) is 15.4. The second kappa shape index (κ2) is 8.27. The number of ether oxygens (including phenoxy) is 1. The van der Waals surface area contributed by atoms with E-state index in [2.05, 4.69) is 10.6 Å². The summed E-state index contributed by atoms with van der Waals surface area (Å²) in [6.07, 6.45) is 0.316. The molecule has 2 aromatic rings. The summed E-state index contributed by atoms with van der Waals surface area (Å²) in [4.78, 5) is 12.2. The van der Waals surface area contributed by atoms with Gasteiger partial charge in [-0.15, -0.1) is 0 Å². The Morgan fingerprint density at radius 3 is 2.54 bits per heavy atom. The third-order valence-electron chi connectivity index (χ3n) is 3.62. The van der Waals surface area contributed by atoms with Crippen LogP contribution in [0.3, 0.4) is 0 Å². The van der Waals surface area contributed by atoms with Gasteiger partial charge >= 0.3 is 0 Å². The van der Waals surface area contributed by atoms with Crippen LogP contribution in [-0.4, -0.2) is 19.6 Å². The molecule has 0 atom stereocenters. The zero-order valence-electron chi connectivity index (χ0n) is 13.9. The highest BCUT2D eigenvalue weighted by atomic mass is 35.5. The SMILES string of the molecule is COc1cc(Cl)c(C)cc1NC(=O)CCNc1cc(Cl)ccc1C. The Labute approximate surface area is 152 Å². The highest BCUT2D eigenvalue weighted by Crippen LogP contribution is 2.31. The predicted octanol–water partition coefficient (Wildman–Crippen LogP) is 5.06. The normalized spacial score (nSPS) is 10.4. The smallest absolute Gasteiger partial charge is 0.226 e. The van der Waals surface area contributed by atoms with Crippen molar-refractivity contribution in [2.45, 2.75) is 20.3 Å². The van der Waals surface area contributed by atoms with Crippen molar-refractivity contribution < 1.29 is 9.53 Å². The van der Waals surface area contributed by atoms with Crippen LogP contribution in [0, 0.1) is 13.8 Å². The van der Waals surface area contributed by atoms with E-state index in [0.717, 1.165) is 16.8 Å². The molecule has 2 aromatic carbocycles. The van der Waals surface area contributed by atoms with E-state index in [-0.39, 0.29) is 5.91 Å². The van der Waals surface area contributed by atoms with Crippen LogP contribution in [-0.2, 0) is 4.79 Å². The molecule has 0 heterocycles. The number of anilines is 2. The maximum Gasteiger partial charge on any atom is 0.226 e. The monoisotopic (exact) mass is 366 g/mol. The molecule has 1 amide bonds. The van der Waals surface area contributed by atoms with Crippen molar-refractivity contribution in [1.82, 2.24) is 0 Å². The number of rotatable bonds is 6. The lowest BCUT2D eigenvalue weighted by atomic mass is 10.2. The number of benzene rings is 2. The molecule has 0 saturated carbocycles. The minimum Gasteiger partial charge on any atom is -0.495 e. The van der Waals surface area contributed by atoms with Gasteiger partial charge in [0, 0.05) is 34.8 Å². The standard InChI is InChI=1S/C18H20Cl2N2O2/c1-11-4-5-13(19)9-15(11)21-7-6-18(23)22-16-8-12(2)14(20)10-17(16)24-3/h4-5,8-10,21H,6-7H2,1-3H3,(H,22,23). The predicted molar refractivity (Wildman–Crippen MR) is 101 cm³/mol. The Hall–Kier alpha value is -1.91. The quantitative estimate of drug-likeness (QED) is 0.750. The van der Waals surface area contributed by atoms with Crippen LogP contribution in [0.4, 0.5) is 11.4 Å². The van der Waals surface area contributed by atoms with Crippen molar-refractivity contribution in [3.63, 3.8) is 0 Å². The number of halogens is 2. The van der Waals surface area contributed by atoms with Gasteiger partial charge in [0.2, 0.25) is 5.91 Å². The summed E-state index contributed by atoms with van der Waals surface area (Å²) in [7, 11) is 1.54. The molecule has 4 nitrogen and oxygen atoms in total. The molecule has 0 spiro atoms. The van der Waals surface area contributed by atoms with E-state index in [1.165, 1.54) is 0 Å². The minimum atomic E-state index is -0.109. The minimum absolute atomic E-state index is 0.109. The van der Waals surface area contributed by atoms with Crippen LogP contribution in [0.5, 0.6) is 5.75 Å². The van der Waals surface area contributed by atoms with Gasteiger partial charge in [0.15, 0.2) is 0 Å². The maximum absolute atomic E-state index is 12.2. The Morgan fingerprint density at radius 1 is 1.08 bits per heavy atom. The molecule has 128 valence electrons. The Bertz CT molecular complexity index is 748. The van der Waals surface area contributed by atoms with Gasteiger partial charge in [0.25, 0.3) is 0 Å². The summed E-state index contributed by atoms with van der Waals surface area (Å²) < 4.78 is 5.26. The van der Waals surface area contributed by atoms with Gasteiger partial charge in [-0.3, -0.25) is 4.79 Å². The van der Waals surface area contributed by atoms with Crippen molar-refractivity contribution in [2.75, 3.05) is 24.3 Å². The number of carbonyl (C=O) groups excluding carboxylic acids is 1. The van der Waals surface area contributed by atoms with Crippen LogP contribution >= 0.6 is 23.2 Å². The first-order chi connectivity index (χ1) is 11.4. The molecule has 0 radical (unpaired) electrons. The second-order valence-corrected chi connectivity index (χ2v) is 6.33. The number of hydrogen-bond acceptors (Lipinski definition) is 3. The van der Waals surface area contributed by atoms with Gasteiger partial charge in [-0.25, -0.2) is 0 Å². The average molecular weight is 367 g/mol. The fraction of sp³-hybridized carbons (Fsp3) is 0.278. The largest absolute Gasteiger partial charge is 0.495 e.